The van der Waals surface area contributed by atoms with Gasteiger partial charge in [0.25, 0.3) is 5.91 Å². The van der Waals surface area contributed by atoms with E-state index in [1.807, 2.05) is 13.0 Å². The molecular formula is C25H39N3O6. The van der Waals surface area contributed by atoms with Gasteiger partial charge in [0.2, 0.25) is 5.91 Å². The van der Waals surface area contributed by atoms with Crippen LogP contribution in [-0.4, -0.2) is 101 Å². The number of aryl methyl sites for hydroxylation is 1. The van der Waals surface area contributed by atoms with Crippen LogP contribution in [0.1, 0.15) is 43.2 Å². The summed E-state index contributed by atoms with van der Waals surface area (Å²) in [6.07, 6.45) is 2.81. The van der Waals surface area contributed by atoms with Crippen LogP contribution in [0, 0.1) is 12.8 Å². The highest BCUT2D eigenvalue weighted by molar-refractivity contribution is 5.94. The number of aliphatic hydroxyl groups is 2. The SMILES string of the molecule is CC(=O)N1CCN(C(=O)c2ccnc(C)c2)C/C=C\COC[C@H](O)[C@H](O)[C@@H](OCCC(C)C)C1. The van der Waals surface area contributed by atoms with Crippen molar-refractivity contribution >= 4 is 11.8 Å². The Morgan fingerprint density at radius 2 is 1.97 bits per heavy atom. The molecule has 3 atom stereocenters. The van der Waals surface area contributed by atoms with Gasteiger partial charge in [0.1, 0.15) is 18.3 Å². The zero-order valence-corrected chi connectivity index (χ0v) is 20.7. The number of ether oxygens (including phenoxy) is 2. The van der Waals surface area contributed by atoms with Gasteiger partial charge in [-0.25, -0.2) is 0 Å². The van der Waals surface area contributed by atoms with Crippen molar-refractivity contribution < 1.29 is 29.3 Å². The second-order valence-electron chi connectivity index (χ2n) is 9.06. The highest BCUT2D eigenvalue weighted by Crippen LogP contribution is 2.13. The molecule has 0 bridgehead atoms. The predicted molar refractivity (Wildman–Crippen MR) is 128 cm³/mol. The lowest BCUT2D eigenvalue weighted by Crippen LogP contribution is -2.50. The largest absolute Gasteiger partial charge is 0.388 e. The summed E-state index contributed by atoms with van der Waals surface area (Å²) in [5.41, 5.74) is 1.28. The molecule has 0 fully saturated rings. The number of aliphatic hydroxyl groups excluding tert-OH is 2. The second kappa shape index (κ2) is 14.2. The maximum absolute atomic E-state index is 13.2. The molecule has 2 rings (SSSR count). The van der Waals surface area contributed by atoms with Crippen LogP contribution in [0.4, 0.5) is 0 Å². The number of carbonyl (C=O) groups excluding carboxylic acids is 2. The van der Waals surface area contributed by atoms with E-state index in [4.69, 9.17) is 9.47 Å². The van der Waals surface area contributed by atoms with E-state index in [0.29, 0.717) is 31.2 Å². The minimum atomic E-state index is -1.22. The molecule has 0 saturated carbocycles. The minimum Gasteiger partial charge on any atom is -0.388 e. The highest BCUT2D eigenvalue weighted by atomic mass is 16.5. The highest BCUT2D eigenvalue weighted by Gasteiger charge is 2.30. The first-order valence-corrected chi connectivity index (χ1v) is 11.9. The molecule has 0 radical (unpaired) electrons. The van der Waals surface area contributed by atoms with Crippen LogP contribution in [0.5, 0.6) is 0 Å². The van der Waals surface area contributed by atoms with E-state index < -0.39 is 18.3 Å². The van der Waals surface area contributed by atoms with E-state index in [0.717, 1.165) is 12.1 Å². The Hall–Kier alpha value is -2.33. The van der Waals surface area contributed by atoms with Crippen molar-refractivity contribution in [1.82, 2.24) is 14.8 Å². The third-order valence-corrected chi connectivity index (χ3v) is 5.71. The van der Waals surface area contributed by atoms with Crippen molar-refractivity contribution in [3.8, 4) is 0 Å². The van der Waals surface area contributed by atoms with Crippen molar-refractivity contribution in [1.29, 1.82) is 0 Å². The van der Waals surface area contributed by atoms with E-state index in [1.165, 1.54) is 6.92 Å². The third kappa shape index (κ3) is 9.13. The molecule has 2 heterocycles. The molecule has 1 aromatic rings. The smallest absolute Gasteiger partial charge is 0.254 e. The maximum Gasteiger partial charge on any atom is 0.254 e. The van der Waals surface area contributed by atoms with Gasteiger partial charge in [0.05, 0.1) is 13.2 Å². The molecule has 2 N–H and O–H groups in total. The molecule has 0 unspecified atom stereocenters. The predicted octanol–water partition coefficient (Wildman–Crippen LogP) is 1.42. The van der Waals surface area contributed by atoms with Crippen molar-refractivity contribution in [2.75, 3.05) is 46.0 Å². The van der Waals surface area contributed by atoms with Crippen LogP contribution < -0.4 is 0 Å². The van der Waals surface area contributed by atoms with Gasteiger partial charge in [-0.15, -0.1) is 0 Å². The molecule has 2 amide bonds. The van der Waals surface area contributed by atoms with Crippen molar-refractivity contribution in [2.45, 2.75) is 52.4 Å². The standard InChI is InChI=1S/C25H39N3O6/c1-18(2)8-14-34-23-16-28(20(4)29)12-11-27(25(32)21-7-9-26-19(3)15-21)10-5-6-13-33-17-22(30)24(23)31/h5-7,9,15,18,22-24,30-31H,8,10-14,16-17H2,1-4H3/b6-5-/t22-,23-,24-/m0/s1. The van der Waals surface area contributed by atoms with Crippen LogP contribution in [0.25, 0.3) is 0 Å². The quantitative estimate of drug-likeness (QED) is 0.617. The van der Waals surface area contributed by atoms with Crippen LogP contribution in [0.15, 0.2) is 30.5 Å². The monoisotopic (exact) mass is 477 g/mol. The molecule has 0 aliphatic carbocycles. The summed E-state index contributed by atoms with van der Waals surface area (Å²) in [5.74, 6) is 0.0491. The van der Waals surface area contributed by atoms with E-state index in [9.17, 15) is 19.8 Å². The van der Waals surface area contributed by atoms with Gasteiger partial charge in [-0.05, 0) is 31.4 Å². The molecule has 1 aliphatic rings. The van der Waals surface area contributed by atoms with Crippen LogP contribution in [0.2, 0.25) is 0 Å². The summed E-state index contributed by atoms with van der Waals surface area (Å²) in [7, 11) is 0. The Bertz CT molecular complexity index is 816. The van der Waals surface area contributed by atoms with E-state index in [-0.39, 0.29) is 38.1 Å². The van der Waals surface area contributed by atoms with Crippen molar-refractivity contribution in [3.63, 3.8) is 0 Å². The lowest BCUT2D eigenvalue weighted by Gasteiger charge is -2.33. The molecule has 0 spiro atoms. The average molecular weight is 478 g/mol. The number of hydrogen-bond acceptors (Lipinski definition) is 7. The Kier molecular flexibility index (Phi) is 11.6. The number of aromatic nitrogens is 1. The molecule has 9 nitrogen and oxygen atoms in total. The number of carbonyl (C=O) groups is 2. The first-order chi connectivity index (χ1) is 16.2. The maximum atomic E-state index is 13.2. The average Bonchev–Trinajstić information content (AvgIpc) is 2.79. The molecule has 1 aliphatic heterocycles. The van der Waals surface area contributed by atoms with Crippen LogP contribution in [0.3, 0.4) is 0 Å². The minimum absolute atomic E-state index is 0.0748. The summed E-state index contributed by atoms with van der Waals surface area (Å²) in [6.45, 7) is 8.96. The number of rotatable bonds is 5. The van der Waals surface area contributed by atoms with Gasteiger partial charge in [0.15, 0.2) is 0 Å². The first kappa shape index (κ1) is 27.9. The van der Waals surface area contributed by atoms with Gasteiger partial charge in [-0.2, -0.15) is 0 Å². The number of pyridine rings is 1. The summed E-state index contributed by atoms with van der Waals surface area (Å²) in [4.78, 5) is 32.9. The molecule has 0 saturated heterocycles. The topological polar surface area (TPSA) is 112 Å². The fourth-order valence-corrected chi connectivity index (χ4v) is 3.56. The van der Waals surface area contributed by atoms with E-state index in [1.54, 1.807) is 34.2 Å². The van der Waals surface area contributed by atoms with Crippen LogP contribution >= 0.6 is 0 Å². The summed E-state index contributed by atoms with van der Waals surface area (Å²) < 4.78 is 11.4. The fraction of sp³-hybridized carbons (Fsp3) is 0.640. The molecule has 9 heteroatoms. The van der Waals surface area contributed by atoms with E-state index >= 15 is 0 Å². The Morgan fingerprint density at radius 1 is 1.24 bits per heavy atom. The molecule has 1 aromatic heterocycles. The second-order valence-corrected chi connectivity index (χ2v) is 9.06. The number of hydrogen-bond donors (Lipinski definition) is 2. The molecular weight excluding hydrogens is 438 g/mol. The van der Waals surface area contributed by atoms with Gasteiger partial charge in [-0.3, -0.25) is 14.6 Å². The van der Waals surface area contributed by atoms with Gasteiger partial charge < -0.3 is 29.5 Å². The number of nitrogens with zero attached hydrogens (tertiary/aromatic N) is 3. The molecule has 34 heavy (non-hydrogen) atoms. The molecule has 0 aromatic carbocycles. The van der Waals surface area contributed by atoms with Gasteiger partial charge >= 0.3 is 0 Å². The van der Waals surface area contributed by atoms with E-state index in [2.05, 4.69) is 18.8 Å². The lowest BCUT2D eigenvalue weighted by atomic mass is 10.1. The zero-order chi connectivity index (χ0) is 25.1. The zero-order valence-electron chi connectivity index (χ0n) is 20.7. The van der Waals surface area contributed by atoms with Crippen LogP contribution in [-0.2, 0) is 14.3 Å². The summed E-state index contributed by atoms with van der Waals surface area (Å²) in [5, 5.41) is 21.2. The Morgan fingerprint density at radius 3 is 2.65 bits per heavy atom. The first-order valence-electron chi connectivity index (χ1n) is 11.9. The third-order valence-electron chi connectivity index (χ3n) is 5.71. The van der Waals surface area contributed by atoms with Gasteiger partial charge in [-0.1, -0.05) is 26.0 Å². The van der Waals surface area contributed by atoms with Crippen molar-refractivity contribution in [3.05, 3.63) is 41.7 Å². The fourth-order valence-electron chi connectivity index (χ4n) is 3.56. The Balaban J connectivity index is 2.23. The Labute approximate surface area is 202 Å². The van der Waals surface area contributed by atoms with Crippen molar-refractivity contribution in [2.24, 2.45) is 5.92 Å². The van der Waals surface area contributed by atoms with Gasteiger partial charge in [0, 0.05) is 57.2 Å². The molecule has 190 valence electrons. The summed E-state index contributed by atoms with van der Waals surface area (Å²) >= 11 is 0. The lowest BCUT2D eigenvalue weighted by molar-refractivity contribution is -0.139. The number of amides is 2. The summed E-state index contributed by atoms with van der Waals surface area (Å²) in [6, 6.07) is 3.41. The normalized spacial score (nSPS) is 24.0.